The summed E-state index contributed by atoms with van der Waals surface area (Å²) in [5.41, 5.74) is 3.93. The van der Waals surface area contributed by atoms with Gasteiger partial charge in [-0.15, -0.1) is 0 Å². The average molecular weight is 405 g/mol. The Kier molecular flexibility index (Phi) is 5.37. The molecule has 5 nitrogen and oxygen atoms in total. The maximum absolute atomic E-state index is 12.9. The number of hydrogen-bond donors (Lipinski definition) is 2. The molecule has 2 aliphatic rings. The van der Waals surface area contributed by atoms with Gasteiger partial charge in [0.05, 0.1) is 7.11 Å². The lowest BCUT2D eigenvalue weighted by Crippen LogP contribution is -2.43. The summed E-state index contributed by atoms with van der Waals surface area (Å²) in [7, 11) is 1.64. The Bertz CT molecular complexity index is 1000. The zero-order valence-electron chi connectivity index (χ0n) is 17.7. The lowest BCUT2D eigenvalue weighted by atomic mass is 9.85. The number of carbonyl (C=O) groups is 2. The maximum atomic E-state index is 12.9. The maximum Gasteiger partial charge on any atom is 0.251 e. The first-order chi connectivity index (χ1) is 14.3. The van der Waals surface area contributed by atoms with Crippen LogP contribution in [0.15, 0.2) is 48.5 Å². The summed E-state index contributed by atoms with van der Waals surface area (Å²) in [4.78, 5) is 25.2. The van der Waals surface area contributed by atoms with E-state index < -0.39 is 0 Å². The molecule has 2 N–H and O–H groups in total. The molecule has 4 rings (SSSR count). The minimum atomic E-state index is -0.156. The Labute approximate surface area is 177 Å². The fourth-order valence-electron chi connectivity index (χ4n) is 3.81. The van der Waals surface area contributed by atoms with Crippen LogP contribution < -0.4 is 15.4 Å². The Morgan fingerprint density at radius 3 is 2.50 bits per heavy atom. The number of methoxy groups -OCH3 is 1. The molecule has 0 spiro atoms. The first-order valence-corrected chi connectivity index (χ1v) is 10.4. The summed E-state index contributed by atoms with van der Waals surface area (Å²) in [5, 5.41) is 6.43. The summed E-state index contributed by atoms with van der Waals surface area (Å²) in [6.07, 6.45) is 4.90. The predicted octanol–water partition coefficient (Wildman–Crippen LogP) is 3.98. The molecule has 1 amide bonds. The van der Waals surface area contributed by atoms with Gasteiger partial charge >= 0.3 is 0 Å². The van der Waals surface area contributed by atoms with Gasteiger partial charge in [-0.05, 0) is 68.9 Å². The normalized spacial score (nSPS) is 18.3. The van der Waals surface area contributed by atoms with Gasteiger partial charge in [0.15, 0.2) is 5.78 Å². The number of benzene rings is 2. The van der Waals surface area contributed by atoms with Crippen molar-refractivity contribution in [2.75, 3.05) is 13.7 Å². The standard InChI is InChI=1S/C25H28N2O3/c1-25(2)14-19-10-11-20(30-3)12-21(19)22(27-25)13-23(28)17-6-8-18(9-7-17)24(29)26-15-16-4-5-16/h6-13,16,27H,4-5,14-15H2,1-3H3,(H,26,29). The van der Waals surface area contributed by atoms with Crippen LogP contribution >= 0.6 is 0 Å². The van der Waals surface area contributed by atoms with Crippen molar-refractivity contribution < 1.29 is 14.3 Å². The molecule has 30 heavy (non-hydrogen) atoms. The van der Waals surface area contributed by atoms with Crippen molar-refractivity contribution in [2.45, 2.75) is 38.6 Å². The molecule has 1 aliphatic carbocycles. The van der Waals surface area contributed by atoms with Gasteiger partial charge in [0.25, 0.3) is 5.91 Å². The third-order valence-corrected chi connectivity index (χ3v) is 5.67. The Hall–Kier alpha value is -3.08. The second kappa shape index (κ2) is 7.98. The van der Waals surface area contributed by atoms with Crippen LogP contribution in [0.1, 0.15) is 58.5 Å². The summed E-state index contributed by atoms with van der Waals surface area (Å²) in [6.45, 7) is 4.97. The Morgan fingerprint density at radius 2 is 1.83 bits per heavy atom. The van der Waals surface area contributed by atoms with E-state index in [0.29, 0.717) is 17.0 Å². The fourth-order valence-corrected chi connectivity index (χ4v) is 3.81. The van der Waals surface area contributed by atoms with Gasteiger partial charge in [0, 0.05) is 40.5 Å². The highest BCUT2D eigenvalue weighted by molar-refractivity contribution is 6.09. The molecule has 0 unspecified atom stereocenters. The molecule has 1 saturated carbocycles. The number of nitrogens with one attached hydrogen (secondary N) is 2. The van der Waals surface area contributed by atoms with Gasteiger partial charge in [-0.1, -0.05) is 18.2 Å². The lowest BCUT2D eigenvalue weighted by Gasteiger charge is -2.35. The van der Waals surface area contributed by atoms with Crippen molar-refractivity contribution in [1.29, 1.82) is 0 Å². The quantitative estimate of drug-likeness (QED) is 0.564. The summed E-state index contributed by atoms with van der Waals surface area (Å²) in [6, 6.07) is 12.8. The highest BCUT2D eigenvalue weighted by Gasteiger charge is 2.28. The van der Waals surface area contributed by atoms with E-state index in [0.717, 1.165) is 30.0 Å². The molecule has 0 radical (unpaired) electrons. The Balaban J connectivity index is 1.55. The van der Waals surface area contributed by atoms with Crippen LogP contribution in [0, 0.1) is 5.92 Å². The largest absolute Gasteiger partial charge is 0.497 e. The SMILES string of the molecule is COc1ccc2c(c1)C(=CC(=O)c1ccc(C(=O)NCC3CC3)cc1)NC(C)(C)C2. The molecular formula is C25H28N2O3. The smallest absolute Gasteiger partial charge is 0.251 e. The predicted molar refractivity (Wildman–Crippen MR) is 118 cm³/mol. The summed E-state index contributed by atoms with van der Waals surface area (Å²) >= 11 is 0. The first-order valence-electron chi connectivity index (χ1n) is 10.4. The second-order valence-electron chi connectivity index (χ2n) is 8.86. The zero-order chi connectivity index (χ0) is 21.3. The van der Waals surface area contributed by atoms with Crippen LogP contribution in [0.25, 0.3) is 5.70 Å². The van der Waals surface area contributed by atoms with Crippen LogP contribution in [0.2, 0.25) is 0 Å². The van der Waals surface area contributed by atoms with Gasteiger partial charge in [0.2, 0.25) is 0 Å². The molecule has 156 valence electrons. The molecule has 0 aromatic heterocycles. The van der Waals surface area contributed by atoms with Crippen LogP contribution in [-0.2, 0) is 6.42 Å². The number of allylic oxidation sites excluding steroid dienone is 1. The number of fused-ring (bicyclic) bond motifs is 1. The van der Waals surface area contributed by atoms with E-state index in [9.17, 15) is 9.59 Å². The van der Waals surface area contributed by atoms with Crippen LogP contribution in [-0.4, -0.2) is 30.9 Å². The van der Waals surface area contributed by atoms with E-state index in [4.69, 9.17) is 4.74 Å². The molecule has 0 bridgehead atoms. The van der Waals surface area contributed by atoms with Crippen molar-refractivity contribution in [3.8, 4) is 5.75 Å². The minimum absolute atomic E-state index is 0.0871. The molecule has 5 heteroatoms. The number of hydrogen-bond acceptors (Lipinski definition) is 4. The van der Waals surface area contributed by atoms with Gasteiger partial charge in [-0.3, -0.25) is 9.59 Å². The second-order valence-corrected chi connectivity index (χ2v) is 8.86. The van der Waals surface area contributed by atoms with Gasteiger partial charge in [0.1, 0.15) is 5.75 Å². The van der Waals surface area contributed by atoms with E-state index in [1.54, 1.807) is 37.5 Å². The number of ether oxygens (including phenoxy) is 1. The monoisotopic (exact) mass is 404 g/mol. The van der Waals surface area contributed by atoms with Crippen LogP contribution in [0.3, 0.4) is 0 Å². The molecule has 1 aliphatic heterocycles. The average Bonchev–Trinajstić information content (AvgIpc) is 3.55. The van der Waals surface area contributed by atoms with Crippen LogP contribution in [0.5, 0.6) is 5.75 Å². The van der Waals surface area contributed by atoms with E-state index in [2.05, 4.69) is 30.5 Å². The summed E-state index contributed by atoms with van der Waals surface area (Å²) in [5.74, 6) is 1.20. The highest BCUT2D eigenvalue weighted by Crippen LogP contribution is 2.32. The van der Waals surface area contributed by atoms with E-state index >= 15 is 0 Å². The molecule has 0 saturated heterocycles. The van der Waals surface area contributed by atoms with E-state index in [1.165, 1.54) is 18.4 Å². The van der Waals surface area contributed by atoms with Gasteiger partial charge in [-0.25, -0.2) is 0 Å². The number of amides is 1. The first kappa shape index (κ1) is 20.2. The van der Waals surface area contributed by atoms with Crippen LogP contribution in [0.4, 0.5) is 0 Å². The fraction of sp³-hybridized carbons (Fsp3) is 0.360. The van der Waals surface area contributed by atoms with E-state index in [-0.39, 0.29) is 17.2 Å². The van der Waals surface area contributed by atoms with Gasteiger partial charge < -0.3 is 15.4 Å². The molecule has 2 aromatic rings. The third kappa shape index (κ3) is 4.56. The molecule has 2 aromatic carbocycles. The topological polar surface area (TPSA) is 67.4 Å². The molecule has 1 heterocycles. The number of carbonyl (C=O) groups excluding carboxylic acids is 2. The number of rotatable bonds is 6. The third-order valence-electron chi connectivity index (χ3n) is 5.67. The van der Waals surface area contributed by atoms with Gasteiger partial charge in [-0.2, -0.15) is 0 Å². The van der Waals surface area contributed by atoms with Crippen molar-refractivity contribution >= 4 is 17.4 Å². The molecular weight excluding hydrogens is 376 g/mol. The number of ketones is 1. The highest BCUT2D eigenvalue weighted by atomic mass is 16.5. The zero-order valence-corrected chi connectivity index (χ0v) is 17.7. The van der Waals surface area contributed by atoms with Crippen molar-refractivity contribution in [2.24, 2.45) is 5.92 Å². The molecule has 1 fully saturated rings. The Morgan fingerprint density at radius 1 is 1.13 bits per heavy atom. The van der Waals surface area contributed by atoms with Crippen molar-refractivity contribution in [3.05, 3.63) is 70.8 Å². The van der Waals surface area contributed by atoms with E-state index in [1.807, 2.05) is 12.1 Å². The lowest BCUT2D eigenvalue weighted by molar-refractivity contribution is 0.0950. The minimum Gasteiger partial charge on any atom is -0.497 e. The van der Waals surface area contributed by atoms with Crippen molar-refractivity contribution in [1.82, 2.24) is 10.6 Å². The van der Waals surface area contributed by atoms with Crippen molar-refractivity contribution in [3.63, 3.8) is 0 Å². The molecule has 0 atom stereocenters. The summed E-state index contributed by atoms with van der Waals surface area (Å²) < 4.78 is 5.37.